The van der Waals surface area contributed by atoms with E-state index >= 15 is 0 Å². The third kappa shape index (κ3) is 4.14. The van der Waals surface area contributed by atoms with Crippen molar-refractivity contribution in [3.05, 3.63) is 59.2 Å². The molecule has 2 aromatic carbocycles. The van der Waals surface area contributed by atoms with Gasteiger partial charge in [0, 0.05) is 6.54 Å². The third-order valence-corrected chi connectivity index (χ3v) is 4.43. The van der Waals surface area contributed by atoms with Gasteiger partial charge < -0.3 is 19.9 Å². The van der Waals surface area contributed by atoms with Crippen molar-refractivity contribution < 1.29 is 24.2 Å². The number of methoxy groups -OCH3 is 1. The second-order valence-electron chi connectivity index (χ2n) is 6.23. The number of carboxylic acid groups (broad SMARTS) is 1. The van der Waals surface area contributed by atoms with E-state index in [-0.39, 0.29) is 17.4 Å². The number of aromatic carboxylic acids is 1. The number of hydrogen-bond donors (Lipinski definition) is 2. The first kappa shape index (κ1) is 17.8. The number of hydrogen-bond acceptors (Lipinski definition) is 4. The molecular weight excluding hydrogens is 334 g/mol. The van der Waals surface area contributed by atoms with E-state index < -0.39 is 5.97 Å². The first-order valence-electron chi connectivity index (χ1n) is 8.46. The lowest BCUT2D eigenvalue weighted by Crippen LogP contribution is -2.38. The number of ether oxygens (including phenoxy) is 2. The van der Waals surface area contributed by atoms with Crippen molar-refractivity contribution in [3.63, 3.8) is 0 Å². The molecule has 2 aromatic rings. The van der Waals surface area contributed by atoms with Crippen LogP contribution >= 0.6 is 0 Å². The molecule has 1 heterocycles. The zero-order valence-corrected chi connectivity index (χ0v) is 14.5. The van der Waals surface area contributed by atoms with Gasteiger partial charge in [0.1, 0.15) is 18.1 Å². The maximum absolute atomic E-state index is 12.4. The van der Waals surface area contributed by atoms with Crippen LogP contribution in [0.1, 0.15) is 21.5 Å². The Balaban J connectivity index is 1.54. The van der Waals surface area contributed by atoms with E-state index in [0.29, 0.717) is 26.0 Å². The van der Waals surface area contributed by atoms with E-state index in [1.807, 2.05) is 24.3 Å². The number of carbonyl (C=O) groups excluding carboxylic acids is 1. The number of amides is 1. The number of carbonyl (C=O) groups is 2. The van der Waals surface area contributed by atoms with Gasteiger partial charge in [0.15, 0.2) is 0 Å². The molecule has 6 heteroatoms. The maximum Gasteiger partial charge on any atom is 0.335 e. The summed E-state index contributed by atoms with van der Waals surface area (Å²) in [7, 11) is 1.61. The molecule has 1 unspecified atom stereocenters. The molecular formula is C20H21NO5. The van der Waals surface area contributed by atoms with Crippen LogP contribution in [0.3, 0.4) is 0 Å². The molecule has 2 N–H and O–H groups in total. The molecule has 1 atom stereocenters. The number of fused-ring (bicyclic) bond motifs is 1. The Labute approximate surface area is 151 Å². The van der Waals surface area contributed by atoms with Crippen LogP contribution in [-0.2, 0) is 17.6 Å². The predicted octanol–water partition coefficient (Wildman–Crippen LogP) is 2.30. The molecule has 0 bridgehead atoms. The highest BCUT2D eigenvalue weighted by Gasteiger charge is 2.26. The Morgan fingerprint density at radius 3 is 2.88 bits per heavy atom. The number of rotatable bonds is 6. The molecule has 1 amide bonds. The fourth-order valence-electron chi connectivity index (χ4n) is 3.00. The summed E-state index contributed by atoms with van der Waals surface area (Å²) >= 11 is 0. The molecule has 0 radical (unpaired) electrons. The molecule has 0 spiro atoms. The summed E-state index contributed by atoms with van der Waals surface area (Å²) in [6.07, 6.45) is 1.18. The van der Waals surface area contributed by atoms with Crippen LogP contribution in [0.5, 0.6) is 11.5 Å². The monoisotopic (exact) mass is 355 g/mol. The first-order valence-corrected chi connectivity index (χ1v) is 8.46. The van der Waals surface area contributed by atoms with E-state index in [9.17, 15) is 9.59 Å². The van der Waals surface area contributed by atoms with Gasteiger partial charge in [-0.25, -0.2) is 4.79 Å². The minimum absolute atomic E-state index is 0.0622. The van der Waals surface area contributed by atoms with Crippen LogP contribution in [-0.4, -0.2) is 37.2 Å². The van der Waals surface area contributed by atoms with Crippen LogP contribution in [0, 0.1) is 5.92 Å². The van der Waals surface area contributed by atoms with E-state index in [2.05, 4.69) is 5.32 Å². The summed E-state index contributed by atoms with van der Waals surface area (Å²) < 4.78 is 10.9. The van der Waals surface area contributed by atoms with Crippen LogP contribution in [0.4, 0.5) is 0 Å². The molecule has 3 rings (SSSR count). The van der Waals surface area contributed by atoms with Crippen LogP contribution in [0.2, 0.25) is 0 Å². The Kier molecular flexibility index (Phi) is 5.41. The van der Waals surface area contributed by atoms with Gasteiger partial charge in [-0.2, -0.15) is 0 Å². The number of carboxylic acids is 1. The van der Waals surface area contributed by atoms with Gasteiger partial charge in [-0.1, -0.05) is 12.1 Å². The van der Waals surface area contributed by atoms with E-state index in [4.69, 9.17) is 14.6 Å². The Hall–Kier alpha value is -3.02. The molecule has 26 heavy (non-hydrogen) atoms. The lowest BCUT2D eigenvalue weighted by Gasteiger charge is -2.25. The van der Waals surface area contributed by atoms with Gasteiger partial charge in [0.05, 0.1) is 18.6 Å². The van der Waals surface area contributed by atoms with Crippen molar-refractivity contribution in [1.29, 1.82) is 0 Å². The minimum atomic E-state index is -0.954. The zero-order chi connectivity index (χ0) is 18.5. The van der Waals surface area contributed by atoms with Gasteiger partial charge in [-0.05, 0) is 54.3 Å². The van der Waals surface area contributed by atoms with Crippen molar-refractivity contribution in [2.24, 2.45) is 5.92 Å². The second kappa shape index (κ2) is 7.91. The lowest BCUT2D eigenvalue weighted by atomic mass is 9.95. The average Bonchev–Trinajstić information content (AvgIpc) is 2.67. The zero-order valence-electron chi connectivity index (χ0n) is 14.5. The van der Waals surface area contributed by atoms with Gasteiger partial charge in [-0.15, -0.1) is 0 Å². The summed E-state index contributed by atoms with van der Waals surface area (Å²) in [6.45, 7) is 0.795. The van der Waals surface area contributed by atoms with Gasteiger partial charge >= 0.3 is 5.97 Å². The summed E-state index contributed by atoms with van der Waals surface area (Å²) in [5.74, 6) is 0.268. The van der Waals surface area contributed by atoms with Crippen LogP contribution in [0.15, 0.2) is 42.5 Å². The molecule has 0 fully saturated rings. The largest absolute Gasteiger partial charge is 0.497 e. The summed E-state index contributed by atoms with van der Waals surface area (Å²) in [5, 5.41) is 11.9. The molecule has 0 aromatic heterocycles. The van der Waals surface area contributed by atoms with E-state index in [0.717, 1.165) is 22.6 Å². The van der Waals surface area contributed by atoms with Crippen molar-refractivity contribution in [2.75, 3.05) is 20.3 Å². The summed E-state index contributed by atoms with van der Waals surface area (Å²) in [4.78, 5) is 23.4. The SMILES string of the molecule is COc1ccc2c(c1)CC(C(=O)NCCc1cccc(C(=O)O)c1)CO2. The molecule has 136 valence electrons. The molecule has 6 nitrogen and oxygen atoms in total. The van der Waals surface area contributed by atoms with Crippen molar-refractivity contribution >= 4 is 11.9 Å². The average molecular weight is 355 g/mol. The lowest BCUT2D eigenvalue weighted by molar-refractivity contribution is -0.126. The highest BCUT2D eigenvalue weighted by molar-refractivity contribution is 5.87. The molecule has 0 saturated carbocycles. The van der Waals surface area contributed by atoms with Crippen molar-refractivity contribution in [1.82, 2.24) is 5.32 Å². The number of nitrogens with one attached hydrogen (secondary N) is 1. The quantitative estimate of drug-likeness (QED) is 0.831. The molecule has 0 saturated heterocycles. The summed E-state index contributed by atoms with van der Waals surface area (Å²) in [5.41, 5.74) is 2.09. The van der Waals surface area contributed by atoms with Gasteiger partial charge in [0.25, 0.3) is 0 Å². The Morgan fingerprint density at radius 2 is 2.12 bits per heavy atom. The van der Waals surface area contributed by atoms with Crippen LogP contribution < -0.4 is 14.8 Å². The van der Waals surface area contributed by atoms with E-state index in [1.54, 1.807) is 25.3 Å². The highest BCUT2D eigenvalue weighted by Crippen LogP contribution is 2.30. The fraction of sp³-hybridized carbons (Fsp3) is 0.300. The molecule has 1 aliphatic rings. The van der Waals surface area contributed by atoms with Crippen molar-refractivity contribution in [2.45, 2.75) is 12.8 Å². The van der Waals surface area contributed by atoms with Gasteiger partial charge in [-0.3, -0.25) is 4.79 Å². The summed E-state index contributed by atoms with van der Waals surface area (Å²) in [6, 6.07) is 12.3. The molecule has 1 aliphatic heterocycles. The normalized spacial score (nSPS) is 15.5. The van der Waals surface area contributed by atoms with Gasteiger partial charge in [0.2, 0.25) is 5.91 Å². The maximum atomic E-state index is 12.4. The Bertz CT molecular complexity index is 818. The molecule has 0 aliphatic carbocycles. The standard InChI is InChI=1S/C20H21NO5/c1-25-17-5-6-18-15(11-17)10-16(12-26-18)19(22)21-8-7-13-3-2-4-14(9-13)20(23)24/h2-6,9,11,16H,7-8,10,12H2,1H3,(H,21,22)(H,23,24). The fourth-order valence-corrected chi connectivity index (χ4v) is 3.00. The van der Waals surface area contributed by atoms with Crippen molar-refractivity contribution in [3.8, 4) is 11.5 Å². The smallest absolute Gasteiger partial charge is 0.335 e. The third-order valence-electron chi connectivity index (χ3n) is 4.43. The first-order chi connectivity index (χ1) is 12.6. The second-order valence-corrected chi connectivity index (χ2v) is 6.23. The topological polar surface area (TPSA) is 84.9 Å². The Morgan fingerprint density at radius 1 is 1.27 bits per heavy atom. The predicted molar refractivity (Wildman–Crippen MR) is 95.8 cm³/mol. The van der Waals surface area contributed by atoms with E-state index in [1.165, 1.54) is 0 Å². The van der Waals surface area contributed by atoms with Crippen LogP contribution in [0.25, 0.3) is 0 Å². The number of benzene rings is 2. The highest BCUT2D eigenvalue weighted by atomic mass is 16.5. The minimum Gasteiger partial charge on any atom is -0.497 e.